The monoisotopic (exact) mass is 238 g/mol. The zero-order valence-corrected chi connectivity index (χ0v) is 10.2. The number of rotatable bonds is 6. The lowest BCUT2D eigenvalue weighted by Crippen LogP contribution is -2.13. The number of ether oxygens (including phenoxy) is 2. The lowest BCUT2D eigenvalue weighted by atomic mass is 10.2. The molecule has 0 saturated carbocycles. The van der Waals surface area contributed by atoms with Crippen LogP contribution in [0.4, 0.5) is 5.82 Å². The van der Waals surface area contributed by atoms with Crippen molar-refractivity contribution in [2.45, 2.75) is 13.8 Å². The van der Waals surface area contributed by atoms with Gasteiger partial charge in [0.2, 0.25) is 0 Å². The number of anilines is 1. The molecule has 0 aliphatic rings. The smallest absolute Gasteiger partial charge is 0.339 e. The Labute approximate surface area is 101 Å². The number of nitrogens with zero attached hydrogens (tertiary/aromatic N) is 1. The second kappa shape index (κ2) is 6.85. The van der Waals surface area contributed by atoms with E-state index < -0.39 is 5.97 Å². The summed E-state index contributed by atoms with van der Waals surface area (Å²) in [5.41, 5.74) is 5.80. The summed E-state index contributed by atoms with van der Waals surface area (Å²) in [5, 5.41) is 0. The highest BCUT2D eigenvalue weighted by Gasteiger charge is 2.06. The van der Waals surface area contributed by atoms with E-state index in [0.29, 0.717) is 30.5 Å². The third-order valence-corrected chi connectivity index (χ3v) is 1.93. The van der Waals surface area contributed by atoms with Crippen LogP contribution in [0.1, 0.15) is 24.2 Å². The Hall–Kier alpha value is -1.62. The second-order valence-electron chi connectivity index (χ2n) is 4.08. The van der Waals surface area contributed by atoms with Gasteiger partial charge in [-0.15, -0.1) is 0 Å². The van der Waals surface area contributed by atoms with Crippen LogP contribution >= 0.6 is 0 Å². The van der Waals surface area contributed by atoms with Crippen LogP contribution in [0.25, 0.3) is 0 Å². The number of nitrogens with two attached hydrogens (primary N) is 1. The number of pyridine rings is 1. The first-order chi connectivity index (χ1) is 8.09. The lowest BCUT2D eigenvalue weighted by Gasteiger charge is -2.07. The predicted octanol–water partition coefficient (Wildman–Crippen LogP) is 1.49. The van der Waals surface area contributed by atoms with Gasteiger partial charge in [0.05, 0.1) is 12.2 Å². The Balaban J connectivity index is 2.23. The number of hydrogen-bond acceptors (Lipinski definition) is 5. The molecule has 0 fully saturated rings. The van der Waals surface area contributed by atoms with Gasteiger partial charge >= 0.3 is 5.97 Å². The van der Waals surface area contributed by atoms with Gasteiger partial charge in [0.15, 0.2) is 0 Å². The van der Waals surface area contributed by atoms with Gasteiger partial charge < -0.3 is 15.2 Å². The maximum atomic E-state index is 11.5. The summed E-state index contributed by atoms with van der Waals surface area (Å²) in [6.45, 7) is 5.45. The molecule has 0 atom stereocenters. The van der Waals surface area contributed by atoms with Gasteiger partial charge in [0, 0.05) is 12.8 Å². The molecule has 0 saturated heterocycles. The summed E-state index contributed by atoms with van der Waals surface area (Å²) in [6.07, 6.45) is 1.40. The zero-order chi connectivity index (χ0) is 12.7. The molecular formula is C12H18N2O3. The molecule has 1 aromatic rings. The van der Waals surface area contributed by atoms with Gasteiger partial charge in [-0.05, 0) is 18.1 Å². The van der Waals surface area contributed by atoms with Crippen LogP contribution in [0, 0.1) is 5.92 Å². The Morgan fingerprint density at radius 2 is 2.18 bits per heavy atom. The van der Waals surface area contributed by atoms with Crippen molar-refractivity contribution in [3.8, 4) is 0 Å². The molecule has 94 valence electrons. The van der Waals surface area contributed by atoms with Gasteiger partial charge in [-0.25, -0.2) is 9.78 Å². The minimum atomic E-state index is -0.411. The average Bonchev–Trinajstić information content (AvgIpc) is 2.29. The Kier molecular flexibility index (Phi) is 5.42. The van der Waals surface area contributed by atoms with E-state index in [1.165, 1.54) is 6.20 Å². The van der Waals surface area contributed by atoms with E-state index in [-0.39, 0.29) is 6.61 Å². The molecule has 0 spiro atoms. The quantitative estimate of drug-likeness (QED) is 0.600. The summed E-state index contributed by atoms with van der Waals surface area (Å²) in [6, 6.07) is 3.14. The molecule has 0 aliphatic heterocycles. The molecule has 1 heterocycles. The van der Waals surface area contributed by atoms with Crippen molar-refractivity contribution in [2.75, 3.05) is 25.6 Å². The van der Waals surface area contributed by atoms with Crippen LogP contribution in [0.5, 0.6) is 0 Å². The molecule has 0 aromatic carbocycles. The number of carbonyl (C=O) groups is 1. The fraction of sp³-hybridized carbons (Fsp3) is 0.500. The standard InChI is InChI=1S/C12H18N2O3/c1-9(2)8-16-5-6-17-12(15)10-3-4-11(13)14-7-10/h3-4,7,9H,5-6,8H2,1-2H3,(H2,13,14). The van der Waals surface area contributed by atoms with Crippen LogP contribution in [0.2, 0.25) is 0 Å². The van der Waals surface area contributed by atoms with E-state index in [1.807, 2.05) is 0 Å². The van der Waals surface area contributed by atoms with E-state index in [1.54, 1.807) is 12.1 Å². The van der Waals surface area contributed by atoms with Crippen molar-refractivity contribution >= 4 is 11.8 Å². The summed E-state index contributed by atoms with van der Waals surface area (Å²) in [4.78, 5) is 15.3. The average molecular weight is 238 g/mol. The largest absolute Gasteiger partial charge is 0.460 e. The van der Waals surface area contributed by atoms with Crippen molar-refractivity contribution in [2.24, 2.45) is 5.92 Å². The summed E-state index contributed by atoms with van der Waals surface area (Å²) in [7, 11) is 0. The second-order valence-corrected chi connectivity index (χ2v) is 4.08. The van der Waals surface area contributed by atoms with Gasteiger partial charge in [-0.3, -0.25) is 0 Å². The normalized spacial score (nSPS) is 10.5. The van der Waals surface area contributed by atoms with E-state index in [9.17, 15) is 4.79 Å². The summed E-state index contributed by atoms with van der Waals surface area (Å²) < 4.78 is 10.3. The van der Waals surface area contributed by atoms with Crippen molar-refractivity contribution < 1.29 is 14.3 Å². The Bertz CT molecular complexity index is 349. The van der Waals surface area contributed by atoms with Crippen molar-refractivity contribution in [3.05, 3.63) is 23.9 Å². The highest BCUT2D eigenvalue weighted by molar-refractivity contribution is 5.89. The number of nitrogen functional groups attached to an aromatic ring is 1. The van der Waals surface area contributed by atoms with Crippen LogP contribution in [-0.2, 0) is 9.47 Å². The van der Waals surface area contributed by atoms with Gasteiger partial charge in [0.25, 0.3) is 0 Å². The topological polar surface area (TPSA) is 74.4 Å². The SMILES string of the molecule is CC(C)COCCOC(=O)c1ccc(N)nc1. The maximum Gasteiger partial charge on any atom is 0.339 e. The number of aromatic nitrogens is 1. The summed E-state index contributed by atoms with van der Waals surface area (Å²) >= 11 is 0. The van der Waals surface area contributed by atoms with E-state index >= 15 is 0 Å². The third-order valence-electron chi connectivity index (χ3n) is 1.93. The molecule has 0 aliphatic carbocycles. The molecule has 2 N–H and O–H groups in total. The lowest BCUT2D eigenvalue weighted by molar-refractivity contribution is 0.0277. The first kappa shape index (κ1) is 13.4. The number of hydrogen-bond donors (Lipinski definition) is 1. The van der Waals surface area contributed by atoms with Gasteiger partial charge in [0.1, 0.15) is 12.4 Å². The van der Waals surface area contributed by atoms with Gasteiger partial charge in [-0.1, -0.05) is 13.8 Å². The Morgan fingerprint density at radius 1 is 1.41 bits per heavy atom. The van der Waals surface area contributed by atoms with Crippen LogP contribution in [0.3, 0.4) is 0 Å². The molecule has 5 heteroatoms. The molecule has 0 amide bonds. The third kappa shape index (κ3) is 5.31. The molecular weight excluding hydrogens is 220 g/mol. The molecule has 5 nitrogen and oxygen atoms in total. The van der Waals surface area contributed by atoms with E-state index in [4.69, 9.17) is 15.2 Å². The highest BCUT2D eigenvalue weighted by atomic mass is 16.6. The van der Waals surface area contributed by atoms with Crippen molar-refractivity contribution in [1.82, 2.24) is 4.98 Å². The van der Waals surface area contributed by atoms with E-state index in [2.05, 4.69) is 18.8 Å². The zero-order valence-electron chi connectivity index (χ0n) is 10.2. The fourth-order valence-electron chi connectivity index (χ4n) is 1.12. The van der Waals surface area contributed by atoms with Crippen LogP contribution in [0.15, 0.2) is 18.3 Å². The Morgan fingerprint density at radius 3 is 2.76 bits per heavy atom. The molecule has 1 aromatic heterocycles. The maximum absolute atomic E-state index is 11.5. The molecule has 0 unspecified atom stereocenters. The fourth-order valence-corrected chi connectivity index (χ4v) is 1.12. The number of carbonyl (C=O) groups excluding carboxylic acids is 1. The molecule has 1 rings (SSSR count). The minimum absolute atomic E-state index is 0.246. The predicted molar refractivity (Wildman–Crippen MR) is 64.6 cm³/mol. The minimum Gasteiger partial charge on any atom is -0.460 e. The van der Waals surface area contributed by atoms with Crippen molar-refractivity contribution in [1.29, 1.82) is 0 Å². The first-order valence-electron chi connectivity index (χ1n) is 5.56. The van der Waals surface area contributed by atoms with Crippen LogP contribution in [-0.4, -0.2) is 30.8 Å². The highest BCUT2D eigenvalue weighted by Crippen LogP contribution is 2.03. The van der Waals surface area contributed by atoms with Gasteiger partial charge in [-0.2, -0.15) is 0 Å². The number of esters is 1. The van der Waals surface area contributed by atoms with Crippen molar-refractivity contribution in [3.63, 3.8) is 0 Å². The van der Waals surface area contributed by atoms with Crippen LogP contribution < -0.4 is 5.73 Å². The molecule has 0 radical (unpaired) electrons. The molecule has 0 bridgehead atoms. The summed E-state index contributed by atoms with van der Waals surface area (Å²) in [5.74, 6) is 0.444. The molecule has 17 heavy (non-hydrogen) atoms. The first-order valence-corrected chi connectivity index (χ1v) is 5.56. The van der Waals surface area contributed by atoms with E-state index in [0.717, 1.165) is 0 Å².